The van der Waals surface area contributed by atoms with Gasteiger partial charge in [0, 0.05) is 16.8 Å². The fourth-order valence-corrected chi connectivity index (χ4v) is 3.86. The van der Waals surface area contributed by atoms with Crippen molar-refractivity contribution in [3.63, 3.8) is 0 Å². The lowest BCUT2D eigenvalue weighted by Gasteiger charge is -2.24. The van der Waals surface area contributed by atoms with Gasteiger partial charge >= 0.3 is 0 Å². The highest BCUT2D eigenvalue weighted by atomic mass is 35.5. The molecular formula is C26H19ClFN5O. The summed E-state index contributed by atoms with van der Waals surface area (Å²) in [5.74, 6) is -0.105. The number of nitrogens with one attached hydrogen (secondary N) is 2. The van der Waals surface area contributed by atoms with E-state index in [0.717, 1.165) is 22.4 Å². The first-order valence-electron chi connectivity index (χ1n) is 10.6. The van der Waals surface area contributed by atoms with Gasteiger partial charge in [-0.2, -0.15) is 4.98 Å². The van der Waals surface area contributed by atoms with Gasteiger partial charge in [-0.1, -0.05) is 72.3 Å². The van der Waals surface area contributed by atoms with Crippen LogP contribution in [0.2, 0.25) is 5.02 Å². The molecule has 1 unspecified atom stereocenters. The monoisotopic (exact) mass is 471 g/mol. The van der Waals surface area contributed by atoms with Gasteiger partial charge in [-0.15, -0.1) is 5.10 Å². The standard InChI is InChI=1S/C26H19ClFN5O/c27-21-9-5-4-6-17(21)12-15-24(34)30-25-31-26-29-22(18-7-2-1-3-8-18)16-23(33(26)32-25)19-10-13-20(28)14-11-19/h1-16,23H,(H2,29,30,31,32,34). The number of halogens is 2. The van der Waals surface area contributed by atoms with Crippen LogP contribution in [0.5, 0.6) is 0 Å². The first-order valence-corrected chi connectivity index (χ1v) is 10.9. The summed E-state index contributed by atoms with van der Waals surface area (Å²) in [7, 11) is 0. The quantitative estimate of drug-likeness (QED) is 0.362. The molecule has 34 heavy (non-hydrogen) atoms. The summed E-state index contributed by atoms with van der Waals surface area (Å²) < 4.78 is 15.2. The number of rotatable bonds is 5. The van der Waals surface area contributed by atoms with Crippen LogP contribution in [0.15, 0.2) is 91.0 Å². The van der Waals surface area contributed by atoms with Crippen molar-refractivity contribution < 1.29 is 9.18 Å². The summed E-state index contributed by atoms with van der Waals surface area (Å²) in [5.41, 5.74) is 3.37. The van der Waals surface area contributed by atoms with E-state index in [1.807, 2.05) is 54.6 Å². The Balaban J connectivity index is 1.43. The molecule has 0 fully saturated rings. The number of nitrogens with zero attached hydrogens (tertiary/aromatic N) is 3. The van der Waals surface area contributed by atoms with Crippen LogP contribution >= 0.6 is 11.6 Å². The van der Waals surface area contributed by atoms with Crippen LogP contribution in [0.1, 0.15) is 22.7 Å². The minimum atomic E-state index is -0.391. The average molecular weight is 472 g/mol. The highest BCUT2D eigenvalue weighted by Gasteiger charge is 2.25. The van der Waals surface area contributed by atoms with Crippen molar-refractivity contribution in [2.45, 2.75) is 6.04 Å². The molecule has 0 aliphatic carbocycles. The number of hydrogen-bond donors (Lipinski definition) is 2. The molecule has 2 heterocycles. The number of fused-ring (bicyclic) bond motifs is 1. The molecule has 1 aliphatic rings. The topological polar surface area (TPSA) is 71.8 Å². The number of carbonyl (C=O) groups is 1. The SMILES string of the molecule is O=C(C=Cc1ccccc1Cl)Nc1nc2n(n1)C(c1ccc(F)cc1)C=C(c1ccccc1)N2. The van der Waals surface area contributed by atoms with Gasteiger partial charge in [0.05, 0.1) is 0 Å². The summed E-state index contributed by atoms with van der Waals surface area (Å²) in [4.78, 5) is 16.9. The molecule has 2 N–H and O–H groups in total. The molecule has 1 atom stereocenters. The third-order valence-electron chi connectivity index (χ3n) is 5.32. The maximum atomic E-state index is 13.5. The van der Waals surface area contributed by atoms with Crippen molar-refractivity contribution in [1.29, 1.82) is 0 Å². The van der Waals surface area contributed by atoms with Gasteiger partial charge in [-0.05, 0) is 47.0 Å². The lowest BCUT2D eigenvalue weighted by atomic mass is 10.0. The summed E-state index contributed by atoms with van der Waals surface area (Å²) in [6.07, 6.45) is 5.00. The minimum Gasteiger partial charge on any atom is -0.324 e. The van der Waals surface area contributed by atoms with Gasteiger partial charge in [0.2, 0.25) is 5.95 Å². The highest BCUT2D eigenvalue weighted by molar-refractivity contribution is 6.32. The van der Waals surface area contributed by atoms with E-state index in [2.05, 4.69) is 20.7 Å². The van der Waals surface area contributed by atoms with Crippen molar-refractivity contribution >= 4 is 41.2 Å². The van der Waals surface area contributed by atoms with Gasteiger partial charge in [-0.3, -0.25) is 10.1 Å². The number of amides is 1. The van der Waals surface area contributed by atoms with Gasteiger partial charge < -0.3 is 5.32 Å². The first-order chi connectivity index (χ1) is 16.6. The molecule has 4 aromatic rings. The number of aromatic nitrogens is 3. The maximum Gasteiger partial charge on any atom is 0.250 e. The third-order valence-corrected chi connectivity index (χ3v) is 5.66. The van der Waals surface area contributed by atoms with E-state index in [4.69, 9.17) is 11.6 Å². The Hall–Kier alpha value is -4.23. The third kappa shape index (κ3) is 4.60. The van der Waals surface area contributed by atoms with E-state index in [0.29, 0.717) is 11.0 Å². The second-order valence-corrected chi connectivity index (χ2v) is 8.02. The van der Waals surface area contributed by atoms with Crippen LogP contribution in [0.3, 0.4) is 0 Å². The Labute approximate surface area is 200 Å². The highest BCUT2D eigenvalue weighted by Crippen LogP contribution is 2.33. The van der Waals surface area contributed by atoms with Crippen LogP contribution in [-0.4, -0.2) is 20.7 Å². The molecule has 3 aromatic carbocycles. The molecule has 0 radical (unpaired) electrons. The van der Waals surface area contributed by atoms with Crippen LogP contribution in [-0.2, 0) is 4.79 Å². The van der Waals surface area contributed by atoms with Crippen LogP contribution in [0, 0.1) is 5.82 Å². The normalized spacial score (nSPS) is 14.9. The average Bonchev–Trinajstić information content (AvgIpc) is 3.26. The zero-order valence-corrected chi connectivity index (χ0v) is 18.6. The molecule has 0 bridgehead atoms. The van der Waals surface area contributed by atoms with E-state index in [9.17, 15) is 9.18 Å². The minimum absolute atomic E-state index is 0.145. The zero-order chi connectivity index (χ0) is 23.5. The van der Waals surface area contributed by atoms with Crippen LogP contribution in [0.25, 0.3) is 11.8 Å². The molecule has 5 rings (SSSR count). The number of benzene rings is 3. The number of allylic oxidation sites excluding steroid dienone is 1. The largest absolute Gasteiger partial charge is 0.324 e. The molecular weight excluding hydrogens is 453 g/mol. The Bertz CT molecular complexity index is 1400. The molecule has 1 aromatic heterocycles. The Kier molecular flexibility index (Phi) is 5.93. The molecule has 0 spiro atoms. The zero-order valence-electron chi connectivity index (χ0n) is 17.8. The van der Waals surface area contributed by atoms with Crippen LogP contribution < -0.4 is 10.6 Å². The molecule has 0 saturated heterocycles. The fraction of sp³-hybridized carbons (Fsp3) is 0.0385. The van der Waals surface area contributed by atoms with Crippen LogP contribution in [0.4, 0.5) is 16.3 Å². The molecule has 168 valence electrons. The molecule has 6 nitrogen and oxygen atoms in total. The summed E-state index contributed by atoms with van der Waals surface area (Å²) in [5, 5.41) is 11.0. The Morgan fingerprint density at radius 3 is 2.53 bits per heavy atom. The van der Waals surface area contributed by atoms with Crippen molar-refractivity contribution in [3.05, 3.63) is 119 Å². The fourth-order valence-electron chi connectivity index (χ4n) is 3.66. The van der Waals surface area contributed by atoms with Gasteiger partial charge in [0.1, 0.15) is 11.9 Å². The Morgan fingerprint density at radius 1 is 1.03 bits per heavy atom. The molecule has 1 amide bonds. The molecule has 1 aliphatic heterocycles. The van der Waals surface area contributed by atoms with Crippen molar-refractivity contribution in [2.75, 3.05) is 10.6 Å². The van der Waals surface area contributed by atoms with E-state index in [-0.39, 0.29) is 17.8 Å². The first kappa shape index (κ1) is 21.6. The van der Waals surface area contributed by atoms with E-state index < -0.39 is 5.91 Å². The number of carbonyl (C=O) groups excluding carboxylic acids is 1. The van der Waals surface area contributed by atoms with E-state index in [1.54, 1.807) is 29.0 Å². The predicted octanol–water partition coefficient (Wildman–Crippen LogP) is 5.78. The number of anilines is 2. The lowest BCUT2D eigenvalue weighted by molar-refractivity contribution is -0.111. The van der Waals surface area contributed by atoms with E-state index in [1.165, 1.54) is 18.2 Å². The lowest BCUT2D eigenvalue weighted by Crippen LogP contribution is -2.20. The van der Waals surface area contributed by atoms with Gasteiger partial charge in [0.25, 0.3) is 11.9 Å². The van der Waals surface area contributed by atoms with Crippen molar-refractivity contribution in [2.24, 2.45) is 0 Å². The Morgan fingerprint density at radius 2 is 1.76 bits per heavy atom. The second kappa shape index (κ2) is 9.33. The van der Waals surface area contributed by atoms with E-state index >= 15 is 0 Å². The smallest absolute Gasteiger partial charge is 0.250 e. The molecule has 8 heteroatoms. The second-order valence-electron chi connectivity index (χ2n) is 7.62. The predicted molar refractivity (Wildman–Crippen MR) is 132 cm³/mol. The van der Waals surface area contributed by atoms with Gasteiger partial charge in [-0.25, -0.2) is 9.07 Å². The maximum absolute atomic E-state index is 13.5. The number of hydrogen-bond acceptors (Lipinski definition) is 4. The molecule has 0 saturated carbocycles. The summed E-state index contributed by atoms with van der Waals surface area (Å²) in [6.45, 7) is 0. The van der Waals surface area contributed by atoms with Crippen molar-refractivity contribution in [1.82, 2.24) is 14.8 Å². The summed E-state index contributed by atoms with van der Waals surface area (Å²) in [6, 6.07) is 22.9. The summed E-state index contributed by atoms with van der Waals surface area (Å²) >= 11 is 6.14. The van der Waals surface area contributed by atoms with Gasteiger partial charge in [0.15, 0.2) is 0 Å². The van der Waals surface area contributed by atoms with Crippen molar-refractivity contribution in [3.8, 4) is 0 Å².